The molecule has 11 heteroatoms. The van der Waals surface area contributed by atoms with E-state index in [4.69, 9.17) is 9.84 Å². The number of carboxylic acid groups (broad SMARTS) is 1. The van der Waals surface area contributed by atoms with Crippen LogP contribution in [0.4, 0.5) is 9.18 Å². The number of carboxylic acids is 1. The molecule has 37 heavy (non-hydrogen) atoms. The molecule has 1 rings (SSSR count). The van der Waals surface area contributed by atoms with E-state index >= 15 is 0 Å². The van der Waals surface area contributed by atoms with Gasteiger partial charge in [0.1, 0.15) is 23.7 Å². The van der Waals surface area contributed by atoms with Gasteiger partial charge in [-0.25, -0.2) is 9.59 Å². The van der Waals surface area contributed by atoms with Crippen LogP contribution in [-0.4, -0.2) is 65.2 Å². The zero-order valence-electron chi connectivity index (χ0n) is 22.2. The fourth-order valence-electron chi connectivity index (χ4n) is 3.51. The average molecular weight is 524 g/mol. The summed E-state index contributed by atoms with van der Waals surface area (Å²) in [4.78, 5) is 61.7. The molecule has 3 amide bonds. The van der Waals surface area contributed by atoms with E-state index in [9.17, 15) is 28.4 Å². The molecule has 0 spiro atoms. The zero-order valence-corrected chi connectivity index (χ0v) is 22.2. The first kappa shape index (κ1) is 31.5. The zero-order chi connectivity index (χ0) is 28.3. The van der Waals surface area contributed by atoms with Crippen molar-refractivity contribution in [1.82, 2.24) is 16.0 Å². The van der Waals surface area contributed by atoms with E-state index in [1.165, 1.54) is 0 Å². The number of ketones is 1. The van der Waals surface area contributed by atoms with Gasteiger partial charge in [0.05, 0.1) is 6.67 Å². The van der Waals surface area contributed by atoms with Crippen molar-refractivity contribution in [2.24, 2.45) is 5.92 Å². The number of hydrogen-bond acceptors (Lipinski definition) is 6. The van der Waals surface area contributed by atoms with E-state index in [0.29, 0.717) is 0 Å². The molecule has 10 nitrogen and oxygen atoms in total. The Bertz CT molecular complexity index is 975. The molecule has 0 aromatic heterocycles. The topological polar surface area (TPSA) is 151 Å². The number of ether oxygens (including phenoxy) is 1. The predicted molar refractivity (Wildman–Crippen MR) is 135 cm³/mol. The molecule has 0 saturated carbocycles. The largest absolute Gasteiger partial charge is 0.475 e. The van der Waals surface area contributed by atoms with Gasteiger partial charge in [-0.3, -0.25) is 18.8 Å². The van der Waals surface area contributed by atoms with Crippen molar-refractivity contribution < 1.29 is 38.2 Å². The van der Waals surface area contributed by atoms with E-state index in [-0.39, 0.29) is 18.8 Å². The number of aryl methyl sites for hydroxylation is 1. The first-order valence-electron chi connectivity index (χ1n) is 12.1. The van der Waals surface area contributed by atoms with E-state index in [0.717, 1.165) is 11.1 Å². The number of carbonyl (C=O) groups is 5. The Morgan fingerprint density at radius 2 is 1.57 bits per heavy atom. The number of carbonyl (C=O) groups excluding carboxylic acids is 4. The van der Waals surface area contributed by atoms with E-state index in [2.05, 4.69) is 16.0 Å². The van der Waals surface area contributed by atoms with Gasteiger partial charge in [-0.2, -0.15) is 0 Å². The lowest BCUT2D eigenvalue weighted by atomic mass is 10.00. The summed E-state index contributed by atoms with van der Waals surface area (Å²) in [7, 11) is 0. The van der Waals surface area contributed by atoms with Crippen LogP contribution in [0.25, 0.3) is 0 Å². The summed E-state index contributed by atoms with van der Waals surface area (Å²) in [5, 5.41) is 16.4. The standard InChI is InChI=1S/C26H38FN3O7/c1-15(2)12-19(22(32)28-18(10-11-27)21(31)24(34)35)29-23(33)20(30-25(36)37-26(4,5)6)14-17-9-7-8-16(3)13-17/h7-9,13,15,18-20H,10-12,14H2,1-6H3,(H,28,32)(H,29,33)(H,30,36)(H,34,35)/t18?,19?,20-/m0/s1. The Hall–Kier alpha value is -3.50. The van der Waals surface area contributed by atoms with E-state index < -0.39 is 66.5 Å². The van der Waals surface area contributed by atoms with Gasteiger partial charge in [0, 0.05) is 12.8 Å². The number of aliphatic carboxylic acids is 1. The highest BCUT2D eigenvalue weighted by Gasteiger charge is 2.32. The highest BCUT2D eigenvalue weighted by Crippen LogP contribution is 2.12. The van der Waals surface area contributed by atoms with Crippen LogP contribution in [0.3, 0.4) is 0 Å². The van der Waals surface area contributed by atoms with Crippen molar-refractivity contribution in [3.05, 3.63) is 35.4 Å². The number of rotatable bonds is 13. The third kappa shape index (κ3) is 11.9. The molecule has 0 aliphatic rings. The van der Waals surface area contributed by atoms with Crippen molar-refractivity contribution in [1.29, 1.82) is 0 Å². The van der Waals surface area contributed by atoms with Crippen LogP contribution in [0.5, 0.6) is 0 Å². The van der Waals surface area contributed by atoms with Gasteiger partial charge in [0.25, 0.3) is 5.78 Å². The second kappa shape index (κ2) is 14.3. The molecular formula is C26H38FN3O7. The first-order chi connectivity index (χ1) is 17.1. The second-order valence-electron chi connectivity index (χ2n) is 10.3. The molecule has 0 fully saturated rings. The summed E-state index contributed by atoms with van der Waals surface area (Å²) in [5.41, 5.74) is 0.903. The van der Waals surface area contributed by atoms with Crippen LogP contribution in [-0.2, 0) is 30.3 Å². The summed E-state index contributed by atoms with van der Waals surface area (Å²) in [5.74, 6) is -4.76. The van der Waals surface area contributed by atoms with E-state index in [1.807, 2.05) is 25.1 Å². The Balaban J connectivity index is 3.16. The van der Waals surface area contributed by atoms with Crippen LogP contribution in [0.2, 0.25) is 0 Å². The Morgan fingerprint density at radius 3 is 2.08 bits per heavy atom. The van der Waals surface area contributed by atoms with Gasteiger partial charge >= 0.3 is 12.1 Å². The maximum absolute atomic E-state index is 13.3. The molecule has 0 heterocycles. The van der Waals surface area contributed by atoms with Gasteiger partial charge in [-0.05, 0) is 45.6 Å². The van der Waals surface area contributed by atoms with Crippen LogP contribution < -0.4 is 16.0 Å². The number of halogens is 1. The molecule has 0 radical (unpaired) electrons. The van der Waals surface area contributed by atoms with Gasteiger partial charge in [-0.1, -0.05) is 43.7 Å². The molecule has 0 aliphatic heterocycles. The molecule has 0 bridgehead atoms. The summed E-state index contributed by atoms with van der Waals surface area (Å²) >= 11 is 0. The normalized spacial score (nSPS) is 13.7. The van der Waals surface area contributed by atoms with Crippen LogP contribution in [0.15, 0.2) is 24.3 Å². The summed E-state index contributed by atoms with van der Waals surface area (Å²) < 4.78 is 18.2. The SMILES string of the molecule is Cc1cccc(C[C@H](NC(=O)OC(C)(C)C)C(=O)NC(CC(C)C)C(=O)NC(CCF)C(=O)C(=O)O)c1. The quantitative estimate of drug-likeness (QED) is 0.290. The summed E-state index contributed by atoms with van der Waals surface area (Å²) in [6.45, 7) is 9.50. The van der Waals surface area contributed by atoms with Crippen LogP contribution in [0, 0.1) is 12.8 Å². The van der Waals surface area contributed by atoms with E-state index in [1.54, 1.807) is 40.7 Å². The maximum Gasteiger partial charge on any atom is 0.408 e. The van der Waals surface area contributed by atoms with Crippen LogP contribution in [0.1, 0.15) is 58.6 Å². The minimum absolute atomic E-state index is 0.0834. The number of benzene rings is 1. The minimum Gasteiger partial charge on any atom is -0.475 e. The number of nitrogens with one attached hydrogen (secondary N) is 3. The van der Waals surface area contributed by atoms with Crippen molar-refractivity contribution >= 4 is 29.7 Å². The van der Waals surface area contributed by atoms with Crippen molar-refractivity contribution in [2.45, 2.75) is 84.5 Å². The first-order valence-corrected chi connectivity index (χ1v) is 12.1. The smallest absolute Gasteiger partial charge is 0.408 e. The molecule has 0 aliphatic carbocycles. The number of amides is 3. The number of alkyl carbamates (subject to hydrolysis) is 1. The maximum atomic E-state index is 13.3. The molecule has 3 atom stereocenters. The number of Topliss-reactive ketones (excluding diaryl/α,β-unsaturated/α-hetero) is 1. The molecule has 206 valence electrons. The minimum atomic E-state index is -1.80. The van der Waals surface area contributed by atoms with Crippen molar-refractivity contribution in [3.8, 4) is 0 Å². The monoisotopic (exact) mass is 523 g/mol. The number of alkyl halides is 1. The fraction of sp³-hybridized carbons (Fsp3) is 0.577. The molecule has 2 unspecified atom stereocenters. The number of hydrogen-bond donors (Lipinski definition) is 4. The molecule has 4 N–H and O–H groups in total. The Morgan fingerprint density at radius 1 is 0.973 bits per heavy atom. The van der Waals surface area contributed by atoms with Gasteiger partial charge in [0.15, 0.2) is 0 Å². The second-order valence-corrected chi connectivity index (χ2v) is 10.3. The van der Waals surface area contributed by atoms with Gasteiger partial charge in [0.2, 0.25) is 11.8 Å². The lowest BCUT2D eigenvalue weighted by Gasteiger charge is -2.27. The average Bonchev–Trinajstić information content (AvgIpc) is 2.75. The fourth-order valence-corrected chi connectivity index (χ4v) is 3.51. The lowest BCUT2D eigenvalue weighted by Crippen LogP contribution is -2.57. The van der Waals surface area contributed by atoms with Crippen LogP contribution >= 0.6 is 0 Å². The Labute approximate surface area is 216 Å². The predicted octanol–water partition coefficient (Wildman–Crippen LogP) is 2.46. The van der Waals surface area contributed by atoms with Crippen molar-refractivity contribution in [2.75, 3.05) is 6.67 Å². The van der Waals surface area contributed by atoms with Crippen molar-refractivity contribution in [3.63, 3.8) is 0 Å². The highest BCUT2D eigenvalue weighted by molar-refractivity contribution is 6.35. The Kier molecular flexibility index (Phi) is 12.2. The molecule has 0 saturated heterocycles. The van der Waals surface area contributed by atoms with Gasteiger partial charge in [-0.15, -0.1) is 0 Å². The third-order valence-electron chi connectivity index (χ3n) is 5.11. The summed E-state index contributed by atoms with van der Waals surface area (Å²) in [6.07, 6.45) is -1.09. The molecule has 1 aromatic carbocycles. The lowest BCUT2D eigenvalue weighted by molar-refractivity contribution is -0.150. The third-order valence-corrected chi connectivity index (χ3v) is 5.11. The molecule has 1 aromatic rings. The summed E-state index contributed by atoms with van der Waals surface area (Å²) in [6, 6.07) is 3.49. The van der Waals surface area contributed by atoms with Gasteiger partial charge < -0.3 is 25.8 Å². The highest BCUT2D eigenvalue weighted by atomic mass is 19.1. The molecular weight excluding hydrogens is 485 g/mol.